The first-order chi connectivity index (χ1) is 4.66. The highest BCUT2D eigenvalue weighted by Crippen LogP contribution is 2.11. The molecule has 56 valence electrons. The van der Waals surface area contributed by atoms with Crippen molar-refractivity contribution in [3.05, 3.63) is 10.6 Å². The van der Waals surface area contributed by atoms with Gasteiger partial charge in [-0.2, -0.15) is 0 Å². The molecule has 0 aliphatic carbocycles. The molecular formula is C7H7BrF2. The van der Waals surface area contributed by atoms with Crippen LogP contribution in [0.1, 0.15) is 13.3 Å². The molecule has 0 nitrogen and oxygen atoms in total. The van der Waals surface area contributed by atoms with E-state index in [9.17, 15) is 8.78 Å². The molecule has 0 atom stereocenters. The second kappa shape index (κ2) is 5.43. The van der Waals surface area contributed by atoms with E-state index in [-0.39, 0.29) is 0 Å². The minimum absolute atomic E-state index is 0.362. The molecule has 0 aromatic carbocycles. The van der Waals surface area contributed by atoms with Crippen LogP contribution < -0.4 is 0 Å². The van der Waals surface area contributed by atoms with Crippen molar-refractivity contribution in [2.75, 3.05) is 0 Å². The molecule has 0 N–H and O–H groups in total. The lowest BCUT2D eigenvalue weighted by molar-refractivity contribution is 0.204. The second-order valence-corrected chi connectivity index (χ2v) is 2.57. The van der Waals surface area contributed by atoms with E-state index < -0.39 is 6.43 Å². The third-order valence-corrected chi connectivity index (χ3v) is 1.29. The summed E-state index contributed by atoms with van der Waals surface area (Å²) in [5.74, 6) is 5.26. The normalized spacial score (nSPS) is 11.1. The van der Waals surface area contributed by atoms with Gasteiger partial charge in [0.1, 0.15) is 0 Å². The van der Waals surface area contributed by atoms with Crippen molar-refractivity contribution in [2.24, 2.45) is 0 Å². The summed E-state index contributed by atoms with van der Waals surface area (Å²) in [6, 6.07) is 0. The predicted octanol–water partition coefficient (Wildman–Crippen LogP) is 2.94. The lowest BCUT2D eigenvalue weighted by Crippen LogP contribution is -1.82. The average molecular weight is 209 g/mol. The summed E-state index contributed by atoms with van der Waals surface area (Å²) in [6.07, 6.45) is -1.20. The van der Waals surface area contributed by atoms with Gasteiger partial charge in [-0.3, -0.25) is 0 Å². The minimum Gasteiger partial charge on any atom is -0.206 e. The van der Waals surface area contributed by atoms with Gasteiger partial charge in [0, 0.05) is 10.9 Å². The number of hydrogen-bond donors (Lipinski definition) is 0. The highest BCUT2D eigenvalue weighted by atomic mass is 79.9. The van der Waals surface area contributed by atoms with Crippen LogP contribution in [0.15, 0.2) is 10.6 Å². The maximum Gasteiger partial charge on any atom is 0.258 e. The van der Waals surface area contributed by atoms with Gasteiger partial charge in [-0.1, -0.05) is 21.9 Å². The molecule has 3 heteroatoms. The molecule has 0 fully saturated rings. The van der Waals surface area contributed by atoms with Crippen LogP contribution in [-0.4, -0.2) is 6.43 Å². The van der Waals surface area contributed by atoms with E-state index in [0.717, 1.165) is 6.08 Å². The molecule has 0 aromatic heterocycles. The minimum atomic E-state index is -2.40. The van der Waals surface area contributed by atoms with Crippen LogP contribution in [-0.2, 0) is 0 Å². The predicted molar refractivity (Wildman–Crippen MR) is 41.1 cm³/mol. The van der Waals surface area contributed by atoms with E-state index in [1.54, 1.807) is 6.92 Å². The maximum absolute atomic E-state index is 11.6. The fraction of sp³-hybridized carbons (Fsp3) is 0.429. The summed E-state index contributed by atoms with van der Waals surface area (Å²) in [4.78, 5) is 0. The van der Waals surface area contributed by atoms with Gasteiger partial charge in [0.05, 0.1) is 0 Å². The van der Waals surface area contributed by atoms with E-state index in [1.807, 2.05) is 0 Å². The van der Waals surface area contributed by atoms with Crippen LogP contribution in [0, 0.1) is 11.8 Å². The molecule has 0 amide bonds. The van der Waals surface area contributed by atoms with Gasteiger partial charge in [-0.15, -0.1) is 5.92 Å². The van der Waals surface area contributed by atoms with Crippen molar-refractivity contribution in [3.8, 4) is 11.8 Å². The molecule has 10 heavy (non-hydrogen) atoms. The summed E-state index contributed by atoms with van der Waals surface area (Å²) in [6.45, 7) is 1.67. The maximum atomic E-state index is 11.6. The van der Waals surface area contributed by atoms with Gasteiger partial charge in [-0.05, 0) is 13.0 Å². The Morgan fingerprint density at radius 3 is 2.70 bits per heavy atom. The Balaban J connectivity index is 3.78. The monoisotopic (exact) mass is 208 g/mol. The summed E-state index contributed by atoms with van der Waals surface area (Å²) in [5, 5.41) is 0. The van der Waals surface area contributed by atoms with E-state index in [0.29, 0.717) is 10.9 Å². The first kappa shape index (κ1) is 9.64. The molecule has 0 heterocycles. The summed E-state index contributed by atoms with van der Waals surface area (Å²) in [5.41, 5.74) is 0. The van der Waals surface area contributed by atoms with Crippen LogP contribution in [0.2, 0.25) is 0 Å². The number of hydrogen-bond acceptors (Lipinski definition) is 0. The molecule has 0 spiro atoms. The lowest BCUT2D eigenvalue weighted by Gasteiger charge is -1.89. The molecule has 0 saturated heterocycles. The van der Waals surface area contributed by atoms with Crippen LogP contribution in [0.5, 0.6) is 0 Å². The zero-order valence-corrected chi connectivity index (χ0v) is 7.08. The molecule has 0 aromatic rings. The van der Waals surface area contributed by atoms with E-state index in [4.69, 9.17) is 0 Å². The number of allylic oxidation sites excluding steroid dienone is 2. The van der Waals surface area contributed by atoms with Crippen LogP contribution in [0.25, 0.3) is 0 Å². The molecule has 0 radical (unpaired) electrons. The fourth-order valence-corrected chi connectivity index (χ4v) is 0.708. The Labute approximate surface area is 67.4 Å². The summed E-state index contributed by atoms with van der Waals surface area (Å²) >= 11 is 2.96. The summed E-state index contributed by atoms with van der Waals surface area (Å²) in [7, 11) is 0. The van der Waals surface area contributed by atoms with E-state index in [2.05, 4.69) is 27.8 Å². The number of alkyl halides is 2. The first-order valence-electron chi connectivity index (χ1n) is 2.70. The Morgan fingerprint density at radius 1 is 1.70 bits per heavy atom. The van der Waals surface area contributed by atoms with Gasteiger partial charge in [0.25, 0.3) is 6.43 Å². The largest absolute Gasteiger partial charge is 0.258 e. The SMILES string of the molecule is CC#CCC(Br)=CC(F)F. The third kappa shape index (κ3) is 5.77. The van der Waals surface area contributed by atoms with Crippen molar-refractivity contribution in [1.29, 1.82) is 0 Å². The van der Waals surface area contributed by atoms with Gasteiger partial charge in [-0.25, -0.2) is 8.78 Å². The van der Waals surface area contributed by atoms with Crippen molar-refractivity contribution in [2.45, 2.75) is 19.8 Å². The van der Waals surface area contributed by atoms with Crippen LogP contribution in [0.4, 0.5) is 8.78 Å². The standard InChI is InChI=1S/C7H7BrF2/c1-2-3-4-6(8)5-7(9)10/h5,7H,4H2,1H3. The molecule has 0 aliphatic rings. The Hall–Kier alpha value is -0.360. The highest BCUT2D eigenvalue weighted by Gasteiger charge is 1.96. The molecule has 0 unspecified atom stereocenters. The fourth-order valence-electron chi connectivity index (χ4n) is 0.368. The smallest absolute Gasteiger partial charge is 0.206 e. The first-order valence-corrected chi connectivity index (χ1v) is 3.50. The number of rotatable bonds is 2. The topological polar surface area (TPSA) is 0 Å². The number of halogens is 3. The van der Waals surface area contributed by atoms with Gasteiger partial charge < -0.3 is 0 Å². The second-order valence-electron chi connectivity index (χ2n) is 1.55. The molecular weight excluding hydrogens is 202 g/mol. The Morgan fingerprint density at radius 2 is 2.30 bits per heavy atom. The van der Waals surface area contributed by atoms with Gasteiger partial charge in [0.2, 0.25) is 0 Å². The molecule has 0 aliphatic heterocycles. The zero-order chi connectivity index (χ0) is 7.98. The van der Waals surface area contributed by atoms with Gasteiger partial charge >= 0.3 is 0 Å². The molecule has 0 saturated carbocycles. The van der Waals surface area contributed by atoms with Crippen molar-refractivity contribution in [1.82, 2.24) is 0 Å². The average Bonchev–Trinajstić information content (AvgIpc) is 1.82. The van der Waals surface area contributed by atoms with E-state index >= 15 is 0 Å². The van der Waals surface area contributed by atoms with Gasteiger partial charge in [0.15, 0.2) is 0 Å². The van der Waals surface area contributed by atoms with Crippen molar-refractivity contribution < 1.29 is 8.78 Å². The van der Waals surface area contributed by atoms with Crippen LogP contribution >= 0.6 is 15.9 Å². The van der Waals surface area contributed by atoms with Crippen molar-refractivity contribution >= 4 is 15.9 Å². The van der Waals surface area contributed by atoms with E-state index in [1.165, 1.54) is 0 Å². The molecule has 0 bridgehead atoms. The van der Waals surface area contributed by atoms with Crippen LogP contribution in [0.3, 0.4) is 0 Å². The lowest BCUT2D eigenvalue weighted by atomic mass is 10.4. The quantitative estimate of drug-likeness (QED) is 0.613. The highest BCUT2D eigenvalue weighted by molar-refractivity contribution is 9.11. The Bertz CT molecular complexity index is 174. The summed E-state index contributed by atoms with van der Waals surface area (Å²) < 4.78 is 23.6. The third-order valence-electron chi connectivity index (χ3n) is 0.741. The molecule has 0 rings (SSSR count). The van der Waals surface area contributed by atoms with Crippen molar-refractivity contribution in [3.63, 3.8) is 0 Å². The zero-order valence-electron chi connectivity index (χ0n) is 5.50. The Kier molecular flexibility index (Phi) is 5.23.